The van der Waals surface area contributed by atoms with Gasteiger partial charge in [-0.05, 0) is 194 Å². The molecule has 8 nitrogen and oxygen atoms in total. The Kier molecular flexibility index (Phi) is 23.6. The number of halogens is 4. The van der Waals surface area contributed by atoms with E-state index in [1.54, 1.807) is 0 Å². The fraction of sp³-hybridized carbons (Fsp3) is 0.0175. The largest absolute Gasteiger partial charge is 0.376 e. The van der Waals surface area contributed by atoms with Gasteiger partial charge in [-0.1, -0.05) is 403 Å². The molecule has 22 rings (SSSR count). The lowest BCUT2D eigenvalue weighted by molar-refractivity contribution is 0.103. The van der Waals surface area contributed by atoms with Crippen molar-refractivity contribution in [1.29, 1.82) is 0 Å². The van der Waals surface area contributed by atoms with Crippen molar-refractivity contribution in [2.45, 2.75) is 11.0 Å². The van der Waals surface area contributed by atoms with Crippen LogP contribution >= 0.6 is 63.7 Å². The van der Waals surface area contributed by atoms with Gasteiger partial charge in [-0.15, -0.1) is 0 Å². The Labute approximate surface area is 765 Å². The molecule has 604 valence electrons. The van der Waals surface area contributed by atoms with Crippen LogP contribution in [-0.2, 0) is 11.0 Å². The topological polar surface area (TPSA) is 90.8 Å². The van der Waals surface area contributed by atoms with Crippen LogP contribution in [0.1, 0.15) is 54.9 Å². The van der Waals surface area contributed by atoms with Crippen molar-refractivity contribution in [3.63, 3.8) is 0 Å². The maximum Gasteiger partial charge on any atom is 0.193 e. The minimum Gasteiger partial charge on any atom is -0.376 e. The first-order valence-electron chi connectivity index (χ1n) is 41.6. The highest BCUT2D eigenvalue weighted by atomic mass is 79.9. The van der Waals surface area contributed by atoms with E-state index >= 15 is 0 Å². The molecule has 12 heteroatoms. The molecule has 1 unspecified atom stereocenters. The summed E-state index contributed by atoms with van der Waals surface area (Å²) in [5.41, 5.74) is 26.4. The number of nitrogens with zero attached hydrogens (tertiary/aromatic N) is 6. The molecule has 18 aromatic carbocycles. The molecule has 3 heterocycles. The van der Waals surface area contributed by atoms with E-state index in [9.17, 15) is 9.90 Å². The van der Waals surface area contributed by atoms with Crippen LogP contribution in [0.4, 0.5) is 0 Å². The summed E-state index contributed by atoms with van der Waals surface area (Å²) >= 11 is 14.2. The van der Waals surface area contributed by atoms with Crippen LogP contribution in [0, 0.1) is 0 Å². The van der Waals surface area contributed by atoms with Gasteiger partial charge in [0, 0.05) is 68.3 Å². The molecule has 0 bridgehead atoms. The molecule has 0 aliphatic heterocycles. The van der Waals surface area contributed by atoms with Crippen molar-refractivity contribution in [2.75, 3.05) is 0 Å². The van der Waals surface area contributed by atoms with E-state index in [4.69, 9.17) is 15.0 Å². The van der Waals surface area contributed by atoms with Crippen LogP contribution in [0.15, 0.2) is 485 Å². The summed E-state index contributed by atoms with van der Waals surface area (Å²) in [4.78, 5) is 27.8. The first-order valence-corrected chi connectivity index (χ1v) is 44.7. The second kappa shape index (κ2) is 36.4. The van der Waals surface area contributed by atoms with Crippen molar-refractivity contribution in [1.82, 2.24) is 28.7 Å². The molecule has 126 heavy (non-hydrogen) atoms. The summed E-state index contributed by atoms with van der Waals surface area (Å²) in [6, 6.07) is 159. The fourth-order valence-corrected chi connectivity index (χ4v) is 18.6. The van der Waals surface area contributed by atoms with Crippen LogP contribution in [0.3, 0.4) is 0 Å². The summed E-state index contributed by atoms with van der Waals surface area (Å²) in [7, 11) is 0. The van der Waals surface area contributed by atoms with E-state index in [2.05, 4.69) is 332 Å². The Hall–Kier alpha value is -14.1. The number of hydrogen-bond donors (Lipinski definition) is 1. The molecule has 3 aromatic heterocycles. The van der Waals surface area contributed by atoms with Gasteiger partial charge in [-0.25, -0.2) is 15.0 Å². The van der Waals surface area contributed by atoms with Gasteiger partial charge < -0.3 is 5.11 Å². The number of carbonyl (C=O) groups excluding carboxylic acids is 1. The molecule has 1 aliphatic rings. The Morgan fingerprint density at radius 3 is 0.960 bits per heavy atom. The van der Waals surface area contributed by atoms with Crippen LogP contribution in [0.2, 0.25) is 0 Å². The van der Waals surface area contributed by atoms with E-state index < -0.39 is 11.0 Å². The molecule has 0 fully saturated rings. The number of carbonyl (C=O) groups is 1. The smallest absolute Gasteiger partial charge is 0.193 e. The minimum atomic E-state index is -1.40. The number of hydrogen-bond acceptors (Lipinski definition) is 5. The van der Waals surface area contributed by atoms with Gasteiger partial charge >= 0.3 is 0 Å². The van der Waals surface area contributed by atoms with Gasteiger partial charge in [0.1, 0.15) is 23.1 Å². The van der Waals surface area contributed by atoms with Crippen LogP contribution in [0.5, 0.6) is 0 Å². The van der Waals surface area contributed by atoms with E-state index in [1.807, 2.05) is 212 Å². The first kappa shape index (κ1) is 81.6. The van der Waals surface area contributed by atoms with E-state index in [-0.39, 0.29) is 5.78 Å². The summed E-state index contributed by atoms with van der Waals surface area (Å²) < 4.78 is 10.7. The Morgan fingerprint density at radius 1 is 0.262 bits per heavy atom. The van der Waals surface area contributed by atoms with E-state index in [0.717, 1.165) is 130 Å². The maximum absolute atomic E-state index is 12.8. The number of imidazole rings is 3. The quantitative estimate of drug-likeness (QED) is 0.0816. The number of benzene rings is 18. The number of aromatic nitrogens is 6. The predicted molar refractivity (Wildman–Crippen MR) is 530 cm³/mol. The van der Waals surface area contributed by atoms with Crippen molar-refractivity contribution in [2.24, 2.45) is 0 Å². The minimum absolute atomic E-state index is 0.00520. The molecular weight excluding hydrogens is 1800 g/mol. The lowest BCUT2D eigenvalue weighted by Gasteiger charge is -2.34. The predicted octanol–water partition coefficient (Wildman–Crippen LogP) is 30.0. The average molecular weight is 1880 g/mol. The lowest BCUT2D eigenvalue weighted by Crippen LogP contribution is -2.29. The van der Waals surface area contributed by atoms with Crippen molar-refractivity contribution < 1.29 is 9.90 Å². The zero-order chi connectivity index (χ0) is 85.5. The molecule has 0 saturated heterocycles. The number of para-hydroxylation sites is 9. The van der Waals surface area contributed by atoms with Crippen LogP contribution < -0.4 is 0 Å². The summed E-state index contributed by atoms with van der Waals surface area (Å²) in [5, 5.41) is 12.8. The summed E-state index contributed by atoms with van der Waals surface area (Å²) in [6.07, 6.45) is 0. The highest BCUT2D eigenvalue weighted by Crippen LogP contribution is 2.57. The molecule has 1 aliphatic carbocycles. The molecule has 0 saturated carbocycles. The average Bonchev–Trinajstić information content (AvgIpc) is 1.54. The standard InChI is InChI=1S/C38H27BrN2O.C38H25BrN2.C26H17BrN2O.C12H9Br/c39-31-25-23-30(24-26-31)38(42,34-16-8-7-15-33(34)27-11-3-1-4-12-27)29-21-19-28(20-22-29)37-40-35-17-9-10-18-36(35)41(37)32-13-5-2-6-14-32;39-29-24-22-28(23-25-29)38(33-14-6-4-12-31(33)32-13-5-7-15-34(32)38)27-20-18-26(19-21-27)37-40-35-16-8-9-17-36(35)41(37)30-10-2-1-3-11-30;27-21-16-14-19(15-17-21)25(30)18-10-12-20(13-11-18)26-28-23-8-4-5-9-24(23)29(26)22-6-2-1-3-7-22;13-12-9-5-4-8-11(12)10-6-2-1-3-7-10/h1-26,42H;1-25H;1-17H;1-9H. The van der Waals surface area contributed by atoms with Crippen LogP contribution in [0.25, 0.3) is 118 Å². The van der Waals surface area contributed by atoms with Crippen molar-refractivity contribution in [3.05, 3.63) is 535 Å². The number of ketones is 1. The second-order valence-corrected chi connectivity index (χ2v) is 34.3. The SMILES string of the molecule is Brc1ccc(C2(c3ccc(-c4nc5ccccc5n4-c4ccccc4)cc3)c3ccccc3-c3ccccc32)cc1.Brc1ccccc1-c1ccccc1.O=C(c1ccc(Br)cc1)c1ccc(-c2nc3ccccc3n2-c2ccccc2)cc1.OC(c1ccc(Br)cc1)(c1ccc(-c2nc3ccccc3n2-c2ccccc2)cc1)c1ccccc1-c1ccccc1. The highest BCUT2D eigenvalue weighted by molar-refractivity contribution is 9.11. The normalized spacial score (nSPS) is 12.2. The summed E-state index contributed by atoms with van der Waals surface area (Å²) in [6.45, 7) is 0. The van der Waals surface area contributed by atoms with E-state index in [0.29, 0.717) is 11.1 Å². The third kappa shape index (κ3) is 16.1. The number of aliphatic hydroxyl groups is 1. The zero-order valence-electron chi connectivity index (χ0n) is 68.0. The van der Waals surface area contributed by atoms with Gasteiger partial charge in [-0.2, -0.15) is 0 Å². The molecular formula is C114H78Br4N6O2. The Balaban J connectivity index is 0.000000116. The molecule has 1 atom stereocenters. The third-order valence-corrected chi connectivity index (χ3v) is 25.5. The Bertz CT molecular complexity index is 7370. The van der Waals surface area contributed by atoms with E-state index in [1.165, 1.54) is 44.5 Å². The zero-order valence-corrected chi connectivity index (χ0v) is 74.4. The Morgan fingerprint density at radius 2 is 0.548 bits per heavy atom. The van der Waals surface area contributed by atoms with Gasteiger partial charge in [0.25, 0.3) is 0 Å². The molecule has 21 aromatic rings. The number of rotatable bonds is 15. The van der Waals surface area contributed by atoms with Gasteiger partial charge in [0.15, 0.2) is 5.78 Å². The molecule has 0 spiro atoms. The van der Waals surface area contributed by atoms with Crippen molar-refractivity contribution >= 4 is 103 Å². The van der Waals surface area contributed by atoms with Crippen LogP contribution in [-0.4, -0.2) is 39.5 Å². The van der Waals surface area contributed by atoms with Gasteiger partial charge in [-0.3, -0.25) is 18.5 Å². The molecule has 0 radical (unpaired) electrons. The fourth-order valence-electron chi connectivity index (χ4n) is 17.3. The third-order valence-electron chi connectivity index (χ3n) is 23.2. The highest BCUT2D eigenvalue weighted by Gasteiger charge is 2.46. The first-order chi connectivity index (χ1) is 62.0. The van der Waals surface area contributed by atoms with Gasteiger partial charge in [0.05, 0.1) is 38.5 Å². The van der Waals surface area contributed by atoms with Gasteiger partial charge in [0.2, 0.25) is 0 Å². The summed E-state index contributed by atoms with van der Waals surface area (Å²) in [5.74, 6) is 2.65. The molecule has 0 amide bonds. The van der Waals surface area contributed by atoms with Crippen molar-refractivity contribution in [3.8, 4) is 84.6 Å². The maximum atomic E-state index is 12.8. The second-order valence-electron chi connectivity index (χ2n) is 30.7. The lowest BCUT2D eigenvalue weighted by atomic mass is 9.67. The molecule has 1 N–H and O–H groups in total. The number of fused-ring (bicyclic) bond motifs is 6. The monoisotopic (exact) mass is 1880 g/mol.